The summed E-state index contributed by atoms with van der Waals surface area (Å²) in [4.78, 5) is 34.7. The number of carboxylic acid groups (broad SMARTS) is 1. The van der Waals surface area contributed by atoms with Gasteiger partial charge in [0.05, 0.1) is 10.8 Å². The van der Waals surface area contributed by atoms with Gasteiger partial charge in [-0.1, -0.05) is 6.42 Å². The molecule has 0 amide bonds. The van der Waals surface area contributed by atoms with E-state index in [1.165, 1.54) is 25.6 Å². The van der Waals surface area contributed by atoms with Crippen LogP contribution in [0.2, 0.25) is 0 Å². The van der Waals surface area contributed by atoms with Crippen molar-refractivity contribution >= 4 is 23.3 Å². The van der Waals surface area contributed by atoms with Crippen molar-refractivity contribution in [3.05, 3.63) is 16.4 Å². The molecule has 0 aliphatic carbocycles. The van der Waals surface area contributed by atoms with Crippen LogP contribution in [0.3, 0.4) is 0 Å². The second kappa shape index (κ2) is 8.94. The first-order chi connectivity index (χ1) is 13.1. The zero-order valence-corrected chi connectivity index (χ0v) is 15.3. The molecule has 1 aromatic heterocycles. The van der Waals surface area contributed by atoms with Gasteiger partial charge in [-0.15, -0.1) is 0 Å². The van der Waals surface area contributed by atoms with E-state index in [1.807, 2.05) is 0 Å². The van der Waals surface area contributed by atoms with Gasteiger partial charge in [-0.2, -0.15) is 0 Å². The van der Waals surface area contributed by atoms with E-state index in [2.05, 4.69) is 20.2 Å². The molecule has 0 unspecified atom stereocenters. The largest absolute Gasteiger partial charge is 0.481 e. The first-order valence-corrected chi connectivity index (χ1v) is 9.49. The lowest BCUT2D eigenvalue weighted by molar-refractivity contribution is -0.383. The molecule has 10 nitrogen and oxygen atoms in total. The van der Waals surface area contributed by atoms with Crippen LogP contribution >= 0.6 is 0 Å². The molecule has 0 saturated carbocycles. The van der Waals surface area contributed by atoms with Crippen molar-refractivity contribution in [2.45, 2.75) is 32.1 Å². The lowest BCUT2D eigenvalue weighted by atomic mass is 9.97. The average molecular weight is 378 g/mol. The number of nitrogens with one attached hydrogen (secondary N) is 1. The topological polar surface area (TPSA) is 125 Å². The van der Waals surface area contributed by atoms with Gasteiger partial charge in [0.15, 0.2) is 0 Å². The number of hydrogen-bond donors (Lipinski definition) is 2. The van der Waals surface area contributed by atoms with Gasteiger partial charge in [0.25, 0.3) is 0 Å². The van der Waals surface area contributed by atoms with E-state index < -0.39 is 16.8 Å². The molecule has 10 heteroatoms. The minimum atomic E-state index is -0.813. The number of rotatable bonds is 7. The Kier molecular flexibility index (Phi) is 6.38. The predicted octanol–water partition coefficient (Wildman–Crippen LogP) is 1.58. The Morgan fingerprint density at radius 3 is 2.56 bits per heavy atom. The molecule has 0 atom stereocenters. The lowest BCUT2D eigenvalue weighted by Crippen LogP contribution is -2.37. The minimum Gasteiger partial charge on any atom is -0.481 e. The fourth-order valence-electron chi connectivity index (χ4n) is 3.75. The Morgan fingerprint density at radius 2 is 1.93 bits per heavy atom. The van der Waals surface area contributed by atoms with Crippen molar-refractivity contribution in [3.8, 4) is 0 Å². The van der Waals surface area contributed by atoms with Gasteiger partial charge in [0, 0.05) is 26.2 Å². The summed E-state index contributed by atoms with van der Waals surface area (Å²) in [6.45, 7) is 4.40. The van der Waals surface area contributed by atoms with Crippen molar-refractivity contribution in [1.29, 1.82) is 0 Å². The summed E-state index contributed by atoms with van der Waals surface area (Å²) in [7, 11) is 0. The number of aromatic nitrogens is 2. The van der Waals surface area contributed by atoms with Crippen molar-refractivity contribution in [1.82, 2.24) is 14.9 Å². The zero-order valence-electron chi connectivity index (χ0n) is 15.3. The summed E-state index contributed by atoms with van der Waals surface area (Å²) in [6.07, 6.45) is 5.90. The van der Waals surface area contributed by atoms with Crippen LogP contribution in [0.1, 0.15) is 32.1 Å². The van der Waals surface area contributed by atoms with E-state index in [0.29, 0.717) is 32.5 Å². The third-order valence-electron chi connectivity index (χ3n) is 5.30. The van der Waals surface area contributed by atoms with E-state index in [9.17, 15) is 14.9 Å². The van der Waals surface area contributed by atoms with Crippen molar-refractivity contribution in [3.63, 3.8) is 0 Å². The van der Waals surface area contributed by atoms with Crippen LogP contribution in [0.4, 0.5) is 17.3 Å². The van der Waals surface area contributed by atoms with Crippen molar-refractivity contribution in [2.24, 2.45) is 5.92 Å². The number of carbonyl (C=O) groups is 1. The molecule has 0 aromatic carbocycles. The molecule has 2 aliphatic heterocycles. The summed E-state index contributed by atoms with van der Waals surface area (Å²) in [6, 6.07) is 0. The maximum Gasteiger partial charge on any atom is 0.353 e. The maximum absolute atomic E-state index is 11.7. The van der Waals surface area contributed by atoms with Crippen LogP contribution in [-0.4, -0.2) is 70.1 Å². The van der Waals surface area contributed by atoms with Gasteiger partial charge < -0.3 is 20.2 Å². The molecule has 27 heavy (non-hydrogen) atoms. The molecule has 2 N–H and O–H groups in total. The predicted molar refractivity (Wildman–Crippen MR) is 100 cm³/mol. The second-order valence-corrected chi connectivity index (χ2v) is 7.08. The highest BCUT2D eigenvalue weighted by atomic mass is 16.6. The normalized spacial score (nSPS) is 19.0. The van der Waals surface area contributed by atoms with Gasteiger partial charge in [-0.3, -0.25) is 14.9 Å². The number of carboxylic acids is 1. The molecule has 0 radical (unpaired) electrons. The fourth-order valence-corrected chi connectivity index (χ4v) is 3.75. The molecule has 2 aliphatic rings. The van der Waals surface area contributed by atoms with Crippen LogP contribution in [-0.2, 0) is 4.79 Å². The van der Waals surface area contributed by atoms with Gasteiger partial charge >= 0.3 is 11.7 Å². The lowest BCUT2D eigenvalue weighted by Gasteiger charge is -2.30. The van der Waals surface area contributed by atoms with Crippen LogP contribution < -0.4 is 10.2 Å². The summed E-state index contributed by atoms with van der Waals surface area (Å²) in [5.74, 6) is -0.724. The first-order valence-electron chi connectivity index (χ1n) is 9.49. The van der Waals surface area contributed by atoms with E-state index in [4.69, 9.17) is 5.11 Å². The Balaban J connectivity index is 1.67. The van der Waals surface area contributed by atoms with Gasteiger partial charge in [0.1, 0.15) is 6.33 Å². The van der Waals surface area contributed by atoms with E-state index in [-0.39, 0.29) is 17.3 Å². The number of nitrogens with zero attached hydrogens (tertiary/aromatic N) is 5. The SMILES string of the molecule is O=C(O)C1CCN(c2ncnc(NCCN3CCCCC3)c2[N+](=O)[O-])CC1. The standard InChI is InChI=1S/C17H26N6O4/c24-17(25)13-4-9-22(10-5-13)16-14(23(26)27)15(19-12-20-16)18-6-11-21-7-2-1-3-8-21/h12-13H,1-11H2,(H,24,25)(H,18,19,20). The average Bonchev–Trinajstić information content (AvgIpc) is 2.68. The molecule has 2 saturated heterocycles. The molecule has 0 bridgehead atoms. The summed E-state index contributed by atoms with van der Waals surface area (Å²) < 4.78 is 0. The molecule has 3 heterocycles. The molecule has 148 valence electrons. The number of likely N-dealkylation sites (tertiary alicyclic amines) is 1. The first kappa shape index (κ1) is 19.3. The summed E-state index contributed by atoms with van der Waals surface area (Å²) in [5.41, 5.74) is -0.134. The van der Waals surface area contributed by atoms with Crippen molar-refractivity contribution in [2.75, 3.05) is 49.5 Å². The highest BCUT2D eigenvalue weighted by Crippen LogP contribution is 2.34. The molecule has 0 spiro atoms. The van der Waals surface area contributed by atoms with E-state index in [1.54, 1.807) is 4.90 Å². The van der Waals surface area contributed by atoms with Gasteiger partial charge in [0.2, 0.25) is 11.6 Å². The van der Waals surface area contributed by atoms with Crippen molar-refractivity contribution < 1.29 is 14.8 Å². The highest BCUT2D eigenvalue weighted by Gasteiger charge is 2.31. The quantitative estimate of drug-likeness (QED) is 0.537. The highest BCUT2D eigenvalue weighted by molar-refractivity contribution is 5.72. The maximum atomic E-state index is 11.7. The molecular formula is C17H26N6O4. The van der Waals surface area contributed by atoms with Crippen LogP contribution in [0.15, 0.2) is 6.33 Å². The molecular weight excluding hydrogens is 352 g/mol. The molecule has 3 rings (SSSR count). The molecule has 2 fully saturated rings. The Labute approximate surface area is 157 Å². The Morgan fingerprint density at radius 1 is 1.22 bits per heavy atom. The number of anilines is 2. The number of nitro groups is 1. The number of hydrogen-bond acceptors (Lipinski definition) is 8. The van der Waals surface area contributed by atoms with Crippen LogP contribution in [0.5, 0.6) is 0 Å². The number of aliphatic carboxylic acids is 1. The monoisotopic (exact) mass is 378 g/mol. The minimum absolute atomic E-state index is 0.134. The van der Waals surface area contributed by atoms with E-state index in [0.717, 1.165) is 19.6 Å². The van der Waals surface area contributed by atoms with Crippen LogP contribution in [0, 0.1) is 16.0 Å². The van der Waals surface area contributed by atoms with E-state index >= 15 is 0 Å². The molecule has 1 aromatic rings. The number of piperidine rings is 2. The zero-order chi connectivity index (χ0) is 19.2. The third kappa shape index (κ3) is 4.82. The van der Waals surface area contributed by atoms with Crippen LogP contribution in [0.25, 0.3) is 0 Å². The van der Waals surface area contributed by atoms with Gasteiger partial charge in [-0.05, 0) is 38.8 Å². The second-order valence-electron chi connectivity index (χ2n) is 7.08. The summed E-state index contributed by atoms with van der Waals surface area (Å²) >= 11 is 0. The fraction of sp³-hybridized carbons (Fsp3) is 0.706. The third-order valence-corrected chi connectivity index (χ3v) is 5.30. The Hall–Kier alpha value is -2.49. The summed E-state index contributed by atoms with van der Waals surface area (Å²) in [5, 5.41) is 23.9. The Bertz CT molecular complexity index is 671. The van der Waals surface area contributed by atoms with Gasteiger partial charge in [-0.25, -0.2) is 9.97 Å². The smallest absolute Gasteiger partial charge is 0.353 e.